The van der Waals surface area contributed by atoms with Crippen molar-refractivity contribution in [1.29, 1.82) is 5.26 Å². The molecule has 0 spiro atoms. The second-order valence-electron chi connectivity index (χ2n) is 3.68. The minimum Gasteiger partial charge on any atom is -0.320 e. The van der Waals surface area contributed by atoms with Crippen molar-refractivity contribution in [1.82, 2.24) is 4.31 Å². The van der Waals surface area contributed by atoms with E-state index in [1.165, 1.54) is 22.5 Å². The summed E-state index contributed by atoms with van der Waals surface area (Å²) < 4.78 is 1.43. The number of nitrogens with zero attached hydrogens (tertiary/aromatic N) is 2. The van der Waals surface area contributed by atoms with Gasteiger partial charge in [0.2, 0.25) is 0 Å². The van der Waals surface area contributed by atoms with Crippen LogP contribution in [0, 0.1) is 17.2 Å². The quantitative estimate of drug-likeness (QED) is 0.759. The van der Waals surface area contributed by atoms with Crippen molar-refractivity contribution in [3.63, 3.8) is 0 Å². The van der Waals surface area contributed by atoms with Gasteiger partial charge in [-0.2, -0.15) is 5.26 Å². The fourth-order valence-electron chi connectivity index (χ4n) is 1.20. The zero-order chi connectivity index (χ0) is 12.1. The number of carbonyl (C=O) groups excluding carboxylic acids is 1. The first-order chi connectivity index (χ1) is 7.60. The predicted octanol–water partition coefficient (Wildman–Crippen LogP) is 1.77. The van der Waals surface area contributed by atoms with Gasteiger partial charge in [0.1, 0.15) is 6.07 Å². The Labute approximate surface area is 99.9 Å². The highest BCUT2D eigenvalue weighted by molar-refractivity contribution is 8.00. The number of rotatable bonds is 3. The van der Waals surface area contributed by atoms with Gasteiger partial charge in [0, 0.05) is 6.20 Å². The second kappa shape index (κ2) is 5.73. The van der Waals surface area contributed by atoms with Crippen LogP contribution in [0.1, 0.15) is 20.3 Å². The number of nitrogens with two attached hydrogens (primary N) is 1. The third kappa shape index (κ3) is 2.87. The lowest BCUT2D eigenvalue weighted by Gasteiger charge is -2.24. The van der Waals surface area contributed by atoms with Gasteiger partial charge in [-0.05, 0) is 29.3 Å². The fraction of sp³-hybridized carbons (Fsp3) is 0.455. The third-order valence-electron chi connectivity index (χ3n) is 2.57. The number of allylic oxidation sites excluding steroid dienone is 2. The largest absolute Gasteiger partial charge is 0.320 e. The first kappa shape index (κ1) is 12.8. The maximum atomic E-state index is 12.0. The van der Waals surface area contributed by atoms with Crippen molar-refractivity contribution in [3.8, 4) is 6.07 Å². The van der Waals surface area contributed by atoms with E-state index >= 15 is 0 Å². The van der Waals surface area contributed by atoms with E-state index in [0.717, 1.165) is 6.42 Å². The minimum absolute atomic E-state index is 0.137. The van der Waals surface area contributed by atoms with Crippen LogP contribution in [0.25, 0.3) is 0 Å². The predicted molar refractivity (Wildman–Crippen MR) is 64.7 cm³/mol. The van der Waals surface area contributed by atoms with Crippen molar-refractivity contribution < 1.29 is 4.79 Å². The molecule has 0 saturated heterocycles. The highest BCUT2D eigenvalue weighted by atomic mass is 32.2. The van der Waals surface area contributed by atoms with Gasteiger partial charge in [0.15, 0.2) is 0 Å². The van der Waals surface area contributed by atoms with E-state index in [1.807, 2.05) is 19.9 Å². The third-order valence-corrected chi connectivity index (χ3v) is 3.34. The molecule has 1 rings (SSSR count). The molecule has 4 nitrogen and oxygen atoms in total. The lowest BCUT2D eigenvalue weighted by atomic mass is 9.99. The van der Waals surface area contributed by atoms with Gasteiger partial charge in [0.05, 0.1) is 11.6 Å². The number of hydrogen-bond donors (Lipinski definition) is 1. The molecule has 1 aliphatic rings. The van der Waals surface area contributed by atoms with E-state index < -0.39 is 6.04 Å². The summed E-state index contributed by atoms with van der Waals surface area (Å²) in [5.41, 5.74) is 6.31. The summed E-state index contributed by atoms with van der Waals surface area (Å²) in [4.78, 5) is 12.0. The SMILES string of the molecule is CC[C@H](C)[C@H](N)C(=O)N1C=C(C#N)C=CS1. The van der Waals surface area contributed by atoms with Crippen LogP contribution >= 0.6 is 11.9 Å². The minimum atomic E-state index is -0.514. The molecule has 0 bridgehead atoms. The Morgan fingerprint density at radius 1 is 1.75 bits per heavy atom. The van der Waals surface area contributed by atoms with E-state index in [9.17, 15) is 4.79 Å². The van der Waals surface area contributed by atoms with Crippen LogP contribution in [0.2, 0.25) is 0 Å². The number of hydrogen-bond acceptors (Lipinski definition) is 4. The molecule has 5 heteroatoms. The standard InChI is InChI=1S/C11H15N3OS/c1-3-8(2)10(13)11(15)14-7-9(6-12)4-5-16-14/h4-5,7-8,10H,3,13H2,1-2H3/t8-,10-/m0/s1. The molecule has 0 aromatic heterocycles. The van der Waals surface area contributed by atoms with Gasteiger partial charge < -0.3 is 5.73 Å². The summed E-state index contributed by atoms with van der Waals surface area (Å²) in [5, 5.41) is 10.4. The fourth-order valence-corrected chi connectivity index (χ4v) is 1.93. The molecular formula is C11H15N3OS. The van der Waals surface area contributed by atoms with Crippen molar-refractivity contribution in [2.75, 3.05) is 0 Å². The molecule has 0 aromatic carbocycles. The zero-order valence-corrected chi connectivity index (χ0v) is 10.2. The Morgan fingerprint density at radius 2 is 2.44 bits per heavy atom. The summed E-state index contributed by atoms with van der Waals surface area (Å²) in [6.07, 6.45) is 4.05. The van der Waals surface area contributed by atoms with Crippen LogP contribution in [0.5, 0.6) is 0 Å². The monoisotopic (exact) mass is 237 g/mol. The van der Waals surface area contributed by atoms with Gasteiger partial charge in [-0.25, -0.2) is 0 Å². The van der Waals surface area contributed by atoms with Gasteiger partial charge in [-0.15, -0.1) is 0 Å². The second-order valence-corrected chi connectivity index (χ2v) is 4.56. The van der Waals surface area contributed by atoms with E-state index in [1.54, 1.807) is 11.5 Å². The maximum absolute atomic E-state index is 12.0. The van der Waals surface area contributed by atoms with E-state index in [-0.39, 0.29) is 11.8 Å². The van der Waals surface area contributed by atoms with Crippen LogP contribution in [-0.2, 0) is 4.79 Å². The highest BCUT2D eigenvalue weighted by Gasteiger charge is 2.25. The lowest BCUT2D eigenvalue weighted by Crippen LogP contribution is -2.42. The average Bonchev–Trinajstić information content (AvgIpc) is 2.36. The van der Waals surface area contributed by atoms with Crippen LogP contribution in [0.15, 0.2) is 23.3 Å². The van der Waals surface area contributed by atoms with E-state index in [4.69, 9.17) is 11.0 Å². The molecule has 16 heavy (non-hydrogen) atoms. The first-order valence-electron chi connectivity index (χ1n) is 5.14. The maximum Gasteiger partial charge on any atom is 0.254 e. The molecule has 0 unspecified atom stereocenters. The van der Waals surface area contributed by atoms with Gasteiger partial charge in [-0.1, -0.05) is 20.3 Å². The summed E-state index contributed by atoms with van der Waals surface area (Å²) >= 11 is 1.24. The summed E-state index contributed by atoms with van der Waals surface area (Å²) in [7, 11) is 0. The van der Waals surface area contributed by atoms with Crippen molar-refractivity contribution >= 4 is 17.9 Å². The van der Waals surface area contributed by atoms with E-state index in [0.29, 0.717) is 5.57 Å². The molecular weight excluding hydrogens is 222 g/mol. The van der Waals surface area contributed by atoms with Crippen LogP contribution in [-0.4, -0.2) is 16.3 Å². The topological polar surface area (TPSA) is 70.1 Å². The molecule has 2 atom stereocenters. The number of carbonyl (C=O) groups is 1. The Hall–Kier alpha value is -1.25. The number of nitriles is 1. The summed E-state index contributed by atoms with van der Waals surface area (Å²) in [5.74, 6) is -0.0191. The van der Waals surface area contributed by atoms with Crippen molar-refractivity contribution in [2.45, 2.75) is 26.3 Å². The molecule has 0 aromatic rings. The molecule has 1 heterocycles. The zero-order valence-electron chi connectivity index (χ0n) is 9.38. The summed E-state index contributed by atoms with van der Waals surface area (Å²) in [6.45, 7) is 3.94. The van der Waals surface area contributed by atoms with Crippen molar-refractivity contribution in [3.05, 3.63) is 23.3 Å². The lowest BCUT2D eigenvalue weighted by molar-refractivity contribution is -0.126. The molecule has 2 N–H and O–H groups in total. The Bertz CT molecular complexity index is 370. The molecule has 0 aliphatic carbocycles. The molecule has 1 aliphatic heterocycles. The molecule has 1 amide bonds. The van der Waals surface area contributed by atoms with Crippen LogP contribution < -0.4 is 5.73 Å². The van der Waals surface area contributed by atoms with Crippen LogP contribution in [0.4, 0.5) is 0 Å². The Balaban J connectivity index is 2.73. The Morgan fingerprint density at radius 3 is 3.00 bits per heavy atom. The Kier molecular flexibility index (Phi) is 4.59. The molecule has 0 saturated carbocycles. The van der Waals surface area contributed by atoms with Gasteiger partial charge in [0.25, 0.3) is 5.91 Å². The molecule has 86 valence electrons. The smallest absolute Gasteiger partial charge is 0.254 e. The van der Waals surface area contributed by atoms with E-state index in [2.05, 4.69) is 0 Å². The molecule has 0 radical (unpaired) electrons. The highest BCUT2D eigenvalue weighted by Crippen LogP contribution is 2.22. The normalized spacial score (nSPS) is 18.6. The average molecular weight is 237 g/mol. The first-order valence-corrected chi connectivity index (χ1v) is 5.97. The van der Waals surface area contributed by atoms with Crippen molar-refractivity contribution in [2.24, 2.45) is 11.7 Å². The molecule has 0 fully saturated rings. The summed E-state index contributed by atoms with van der Waals surface area (Å²) in [6, 6.07) is 1.48. The van der Waals surface area contributed by atoms with Crippen LogP contribution in [0.3, 0.4) is 0 Å². The number of amides is 1. The van der Waals surface area contributed by atoms with Gasteiger partial charge >= 0.3 is 0 Å². The van der Waals surface area contributed by atoms with Gasteiger partial charge in [-0.3, -0.25) is 9.10 Å².